The molecular weight excluding hydrogens is 345 g/mol. The van der Waals surface area contributed by atoms with E-state index < -0.39 is 5.82 Å². The minimum atomic E-state index is -0.401. The monoisotopic (exact) mass is 369 g/mol. The first-order chi connectivity index (χ1) is 12.8. The highest BCUT2D eigenvalue weighted by Crippen LogP contribution is 2.39. The van der Waals surface area contributed by atoms with E-state index in [-0.39, 0.29) is 47.9 Å². The van der Waals surface area contributed by atoms with Gasteiger partial charge in [0.15, 0.2) is 12.4 Å². The van der Waals surface area contributed by atoms with E-state index in [9.17, 15) is 14.0 Å². The van der Waals surface area contributed by atoms with Crippen LogP contribution in [0.15, 0.2) is 30.3 Å². The van der Waals surface area contributed by atoms with Crippen molar-refractivity contribution in [2.45, 2.75) is 46.0 Å². The zero-order valence-corrected chi connectivity index (χ0v) is 16.1. The van der Waals surface area contributed by atoms with E-state index in [4.69, 9.17) is 4.74 Å². The van der Waals surface area contributed by atoms with Crippen molar-refractivity contribution < 1.29 is 18.7 Å². The van der Waals surface area contributed by atoms with Gasteiger partial charge in [0.2, 0.25) is 0 Å². The van der Waals surface area contributed by atoms with Gasteiger partial charge in [0, 0.05) is 17.7 Å². The molecule has 5 heteroatoms. The van der Waals surface area contributed by atoms with Crippen molar-refractivity contribution in [1.29, 1.82) is 0 Å². The number of amides is 1. The van der Waals surface area contributed by atoms with Crippen LogP contribution in [0.1, 0.15) is 66.1 Å². The molecule has 0 bridgehead atoms. The van der Waals surface area contributed by atoms with E-state index in [0.717, 1.165) is 16.8 Å². The van der Waals surface area contributed by atoms with E-state index in [1.807, 2.05) is 32.0 Å². The first kappa shape index (κ1) is 19.1. The number of Topliss-reactive ketones (excluding diaryl/α,β-unsaturated/α-hetero) is 1. The summed E-state index contributed by atoms with van der Waals surface area (Å²) in [5, 5.41) is 2.91. The third-order valence-corrected chi connectivity index (χ3v) is 4.97. The molecule has 1 atom stereocenters. The molecule has 1 aliphatic rings. The number of aryl methyl sites for hydroxylation is 1. The number of para-hydroxylation sites is 1. The Morgan fingerprint density at radius 2 is 2.04 bits per heavy atom. The van der Waals surface area contributed by atoms with Crippen molar-refractivity contribution in [2.24, 2.45) is 0 Å². The SMILES string of the molecule is Cc1cccc(C(C)C)c1NC(=O)COc1ccc(F)c2c1C(=O)CC2C. The fourth-order valence-electron chi connectivity index (χ4n) is 3.61. The van der Waals surface area contributed by atoms with Crippen molar-refractivity contribution in [2.75, 3.05) is 11.9 Å². The molecule has 2 aromatic rings. The molecule has 0 saturated heterocycles. The van der Waals surface area contributed by atoms with Crippen LogP contribution >= 0.6 is 0 Å². The number of anilines is 1. The molecule has 0 heterocycles. The van der Waals surface area contributed by atoms with Gasteiger partial charge in [-0.1, -0.05) is 39.0 Å². The number of carbonyl (C=O) groups excluding carboxylic acids is 2. The summed E-state index contributed by atoms with van der Waals surface area (Å²) in [4.78, 5) is 24.6. The lowest BCUT2D eigenvalue weighted by molar-refractivity contribution is -0.118. The summed E-state index contributed by atoms with van der Waals surface area (Å²) in [5.41, 5.74) is 3.47. The van der Waals surface area contributed by atoms with E-state index in [1.54, 1.807) is 0 Å². The molecule has 2 aromatic carbocycles. The van der Waals surface area contributed by atoms with Gasteiger partial charge in [-0.3, -0.25) is 9.59 Å². The van der Waals surface area contributed by atoms with E-state index in [2.05, 4.69) is 19.2 Å². The van der Waals surface area contributed by atoms with Gasteiger partial charge in [0.1, 0.15) is 11.6 Å². The smallest absolute Gasteiger partial charge is 0.262 e. The highest BCUT2D eigenvalue weighted by atomic mass is 19.1. The minimum Gasteiger partial charge on any atom is -0.483 e. The van der Waals surface area contributed by atoms with Gasteiger partial charge in [0.05, 0.1) is 5.56 Å². The van der Waals surface area contributed by atoms with Gasteiger partial charge in [-0.25, -0.2) is 4.39 Å². The predicted octanol–water partition coefficient (Wildman–Crippen LogP) is 4.96. The summed E-state index contributed by atoms with van der Waals surface area (Å²) >= 11 is 0. The Bertz CT molecular complexity index is 905. The molecule has 1 unspecified atom stereocenters. The molecule has 0 fully saturated rings. The molecule has 0 aromatic heterocycles. The molecule has 1 aliphatic carbocycles. The average Bonchev–Trinajstić information content (AvgIpc) is 2.91. The highest BCUT2D eigenvalue weighted by Gasteiger charge is 2.32. The Morgan fingerprint density at radius 3 is 2.74 bits per heavy atom. The van der Waals surface area contributed by atoms with Gasteiger partial charge in [0.25, 0.3) is 5.91 Å². The van der Waals surface area contributed by atoms with E-state index in [1.165, 1.54) is 12.1 Å². The maximum Gasteiger partial charge on any atom is 0.262 e. The maximum atomic E-state index is 14.1. The Labute approximate surface area is 158 Å². The van der Waals surface area contributed by atoms with Crippen LogP contribution in [-0.4, -0.2) is 18.3 Å². The summed E-state index contributed by atoms with van der Waals surface area (Å²) < 4.78 is 19.7. The lowest BCUT2D eigenvalue weighted by Gasteiger charge is -2.17. The molecule has 0 radical (unpaired) electrons. The van der Waals surface area contributed by atoms with Crippen LogP contribution in [0.4, 0.5) is 10.1 Å². The molecule has 27 heavy (non-hydrogen) atoms. The van der Waals surface area contributed by atoms with Crippen LogP contribution in [0.2, 0.25) is 0 Å². The van der Waals surface area contributed by atoms with Crippen molar-refractivity contribution in [3.05, 3.63) is 58.4 Å². The zero-order valence-electron chi connectivity index (χ0n) is 16.1. The highest BCUT2D eigenvalue weighted by molar-refractivity contribution is 6.04. The first-order valence-corrected chi connectivity index (χ1v) is 9.17. The van der Waals surface area contributed by atoms with Crippen LogP contribution in [0.5, 0.6) is 5.75 Å². The molecule has 0 aliphatic heterocycles. The molecule has 1 amide bonds. The fraction of sp³-hybridized carbons (Fsp3) is 0.364. The van der Waals surface area contributed by atoms with Gasteiger partial charge in [-0.05, 0) is 42.0 Å². The molecule has 142 valence electrons. The minimum absolute atomic E-state index is 0.145. The number of rotatable bonds is 5. The Balaban J connectivity index is 1.76. The number of hydrogen-bond acceptors (Lipinski definition) is 3. The number of hydrogen-bond donors (Lipinski definition) is 1. The number of benzene rings is 2. The lowest BCUT2D eigenvalue weighted by Crippen LogP contribution is -2.22. The molecule has 0 saturated carbocycles. The summed E-state index contributed by atoms with van der Waals surface area (Å²) in [6.07, 6.45) is 0.264. The Kier molecular flexibility index (Phi) is 5.31. The number of nitrogens with one attached hydrogen (secondary N) is 1. The van der Waals surface area contributed by atoms with Crippen LogP contribution in [-0.2, 0) is 4.79 Å². The van der Waals surface area contributed by atoms with Crippen molar-refractivity contribution in [3.8, 4) is 5.75 Å². The average molecular weight is 369 g/mol. The van der Waals surface area contributed by atoms with Crippen molar-refractivity contribution in [1.82, 2.24) is 0 Å². The first-order valence-electron chi connectivity index (χ1n) is 9.17. The maximum absolute atomic E-state index is 14.1. The lowest BCUT2D eigenvalue weighted by atomic mass is 9.98. The van der Waals surface area contributed by atoms with Crippen LogP contribution in [0, 0.1) is 12.7 Å². The van der Waals surface area contributed by atoms with E-state index in [0.29, 0.717) is 5.56 Å². The number of ether oxygens (including phenoxy) is 1. The number of ketones is 1. The summed E-state index contributed by atoms with van der Waals surface area (Å²) in [5.74, 6) is -0.506. The summed E-state index contributed by atoms with van der Waals surface area (Å²) in [6, 6.07) is 8.60. The number of carbonyl (C=O) groups is 2. The molecule has 1 N–H and O–H groups in total. The summed E-state index contributed by atoms with van der Waals surface area (Å²) in [7, 11) is 0. The van der Waals surface area contributed by atoms with Gasteiger partial charge in [-0.2, -0.15) is 0 Å². The third-order valence-electron chi connectivity index (χ3n) is 4.97. The van der Waals surface area contributed by atoms with Gasteiger partial charge in [-0.15, -0.1) is 0 Å². The second-order valence-corrected chi connectivity index (χ2v) is 7.39. The van der Waals surface area contributed by atoms with E-state index >= 15 is 0 Å². The third kappa shape index (κ3) is 3.72. The Hall–Kier alpha value is -2.69. The number of halogens is 1. The standard InChI is InChI=1S/C22H24FNO3/c1-12(2)15-7-5-6-13(3)22(15)24-19(26)11-27-18-9-8-16(23)20-14(4)10-17(25)21(18)20/h5-9,12,14H,10-11H2,1-4H3,(H,24,26). The quantitative estimate of drug-likeness (QED) is 0.810. The normalized spacial score (nSPS) is 15.8. The van der Waals surface area contributed by atoms with Gasteiger partial charge >= 0.3 is 0 Å². The van der Waals surface area contributed by atoms with Crippen molar-refractivity contribution >= 4 is 17.4 Å². The molecule has 4 nitrogen and oxygen atoms in total. The second-order valence-electron chi connectivity index (χ2n) is 7.39. The topological polar surface area (TPSA) is 55.4 Å². The number of fused-ring (bicyclic) bond motifs is 1. The van der Waals surface area contributed by atoms with Gasteiger partial charge < -0.3 is 10.1 Å². The Morgan fingerprint density at radius 1 is 1.30 bits per heavy atom. The van der Waals surface area contributed by atoms with Crippen molar-refractivity contribution in [3.63, 3.8) is 0 Å². The van der Waals surface area contributed by atoms with Crippen LogP contribution in [0.25, 0.3) is 0 Å². The zero-order chi connectivity index (χ0) is 19.7. The fourth-order valence-corrected chi connectivity index (χ4v) is 3.61. The van der Waals surface area contributed by atoms with Crippen LogP contribution in [0.3, 0.4) is 0 Å². The van der Waals surface area contributed by atoms with Crippen LogP contribution < -0.4 is 10.1 Å². The summed E-state index contributed by atoms with van der Waals surface area (Å²) in [6.45, 7) is 7.64. The largest absolute Gasteiger partial charge is 0.483 e. The molecule has 0 spiro atoms. The molecule has 3 rings (SSSR count). The molecular formula is C22H24FNO3. The predicted molar refractivity (Wildman–Crippen MR) is 103 cm³/mol. The second kappa shape index (κ2) is 7.51.